The van der Waals surface area contributed by atoms with Crippen molar-refractivity contribution in [3.8, 4) is 0 Å². The summed E-state index contributed by atoms with van der Waals surface area (Å²) >= 11 is 0. The SMILES string of the molecule is CCCC\C=C/C=C/C=C\CCCCCCCCOCC(O)COCCCCCCCC\C=C/C=C/C=C\CCCC. The second kappa shape index (κ2) is 37.3. The van der Waals surface area contributed by atoms with Crippen LogP contribution in [0.4, 0.5) is 0 Å². The summed E-state index contributed by atoms with van der Waals surface area (Å²) in [7, 11) is 0. The van der Waals surface area contributed by atoms with E-state index in [1.54, 1.807) is 0 Å². The topological polar surface area (TPSA) is 38.7 Å². The Kier molecular flexibility index (Phi) is 35.9. The first-order chi connectivity index (χ1) is 20.8. The first-order valence-electron chi connectivity index (χ1n) is 17.6. The Morgan fingerprint density at radius 2 is 0.714 bits per heavy atom. The standard InChI is InChI=1S/C39H68O3/c1-3-5-7-9-11-13-15-17-19-21-23-25-27-29-31-33-35-41-37-39(40)38-42-36-34-32-30-28-26-24-22-20-18-16-14-12-10-8-6-4-2/h9-20,39-40H,3-8,21-38H2,1-2H3/b11-9-,12-10-,15-13+,16-14+,19-17-,20-18-. The molecule has 0 amide bonds. The zero-order valence-corrected chi connectivity index (χ0v) is 27.7. The molecule has 0 aliphatic carbocycles. The number of hydrogen-bond acceptors (Lipinski definition) is 3. The van der Waals surface area contributed by atoms with Crippen LogP contribution in [0.3, 0.4) is 0 Å². The van der Waals surface area contributed by atoms with E-state index in [2.05, 4.69) is 86.8 Å². The van der Waals surface area contributed by atoms with Crippen LogP contribution in [0.2, 0.25) is 0 Å². The highest BCUT2D eigenvalue weighted by Gasteiger charge is 2.04. The lowest BCUT2D eigenvalue weighted by Crippen LogP contribution is -2.22. The fourth-order valence-corrected chi connectivity index (χ4v) is 4.43. The Morgan fingerprint density at radius 3 is 1.07 bits per heavy atom. The Balaban J connectivity index is 3.32. The van der Waals surface area contributed by atoms with Crippen LogP contribution in [0.25, 0.3) is 0 Å². The minimum absolute atomic E-state index is 0.384. The van der Waals surface area contributed by atoms with Crippen LogP contribution in [0.1, 0.15) is 142 Å². The second-order valence-corrected chi connectivity index (χ2v) is 11.4. The highest BCUT2D eigenvalue weighted by molar-refractivity contribution is 5.11. The molecule has 0 saturated heterocycles. The first-order valence-corrected chi connectivity index (χ1v) is 17.6. The van der Waals surface area contributed by atoms with Gasteiger partial charge in [0.2, 0.25) is 0 Å². The van der Waals surface area contributed by atoms with E-state index < -0.39 is 6.10 Å². The molecule has 1 N–H and O–H groups in total. The summed E-state index contributed by atoms with van der Waals surface area (Å²) in [5.41, 5.74) is 0. The van der Waals surface area contributed by atoms with Crippen LogP contribution in [0.15, 0.2) is 72.9 Å². The van der Waals surface area contributed by atoms with Crippen LogP contribution >= 0.6 is 0 Å². The highest BCUT2D eigenvalue weighted by Crippen LogP contribution is 2.09. The fraction of sp³-hybridized carbons (Fsp3) is 0.692. The summed E-state index contributed by atoms with van der Waals surface area (Å²) in [6.45, 7) is 6.70. The van der Waals surface area contributed by atoms with Gasteiger partial charge in [-0.05, 0) is 51.4 Å². The molecule has 242 valence electrons. The van der Waals surface area contributed by atoms with Gasteiger partial charge in [0.15, 0.2) is 0 Å². The number of aliphatic hydroxyl groups excluding tert-OH is 1. The third kappa shape index (κ3) is 36.3. The summed E-state index contributed by atoms with van der Waals surface area (Å²) in [6.07, 6.45) is 50.3. The van der Waals surface area contributed by atoms with Crippen molar-refractivity contribution >= 4 is 0 Å². The molecule has 0 aromatic rings. The zero-order chi connectivity index (χ0) is 30.4. The number of unbranched alkanes of at least 4 members (excludes halogenated alkanes) is 16. The zero-order valence-electron chi connectivity index (χ0n) is 27.7. The summed E-state index contributed by atoms with van der Waals surface area (Å²) in [5, 5.41) is 10.0. The number of hydrogen-bond donors (Lipinski definition) is 1. The molecule has 0 rings (SSSR count). The maximum atomic E-state index is 10.0. The van der Waals surface area contributed by atoms with Crippen molar-refractivity contribution in [1.82, 2.24) is 0 Å². The number of ether oxygens (including phenoxy) is 2. The maximum absolute atomic E-state index is 10.0. The van der Waals surface area contributed by atoms with Gasteiger partial charge in [-0.2, -0.15) is 0 Å². The van der Waals surface area contributed by atoms with E-state index >= 15 is 0 Å². The summed E-state index contributed by atoms with van der Waals surface area (Å²) in [6, 6.07) is 0. The Hall–Kier alpha value is -1.68. The van der Waals surface area contributed by atoms with E-state index in [9.17, 15) is 5.11 Å². The van der Waals surface area contributed by atoms with Gasteiger partial charge in [0, 0.05) is 13.2 Å². The van der Waals surface area contributed by atoms with Crippen molar-refractivity contribution in [2.24, 2.45) is 0 Å². The average molecular weight is 585 g/mol. The quantitative estimate of drug-likeness (QED) is 0.0631. The summed E-state index contributed by atoms with van der Waals surface area (Å²) < 4.78 is 11.3. The van der Waals surface area contributed by atoms with Crippen molar-refractivity contribution in [2.75, 3.05) is 26.4 Å². The third-order valence-corrected chi connectivity index (χ3v) is 7.10. The van der Waals surface area contributed by atoms with Crippen LogP contribution in [0.5, 0.6) is 0 Å². The largest absolute Gasteiger partial charge is 0.388 e. The fourth-order valence-electron chi connectivity index (χ4n) is 4.43. The summed E-state index contributed by atoms with van der Waals surface area (Å²) in [4.78, 5) is 0. The Bertz CT molecular complexity index is 628. The van der Waals surface area contributed by atoms with Crippen molar-refractivity contribution in [1.29, 1.82) is 0 Å². The van der Waals surface area contributed by atoms with Gasteiger partial charge >= 0.3 is 0 Å². The van der Waals surface area contributed by atoms with Gasteiger partial charge in [0.25, 0.3) is 0 Å². The van der Waals surface area contributed by atoms with Crippen LogP contribution in [0, 0.1) is 0 Å². The van der Waals surface area contributed by atoms with Gasteiger partial charge < -0.3 is 14.6 Å². The third-order valence-electron chi connectivity index (χ3n) is 7.10. The predicted octanol–water partition coefficient (Wildman–Crippen LogP) is 11.6. The van der Waals surface area contributed by atoms with E-state index in [1.165, 1.54) is 116 Å². The number of rotatable bonds is 32. The summed E-state index contributed by atoms with van der Waals surface area (Å²) in [5.74, 6) is 0. The molecule has 42 heavy (non-hydrogen) atoms. The highest BCUT2D eigenvalue weighted by atomic mass is 16.5. The van der Waals surface area contributed by atoms with E-state index in [0.717, 1.165) is 26.1 Å². The van der Waals surface area contributed by atoms with Gasteiger partial charge in [-0.15, -0.1) is 0 Å². The van der Waals surface area contributed by atoms with Crippen molar-refractivity contribution < 1.29 is 14.6 Å². The molecule has 0 heterocycles. The van der Waals surface area contributed by atoms with Crippen molar-refractivity contribution in [2.45, 2.75) is 148 Å². The minimum atomic E-state index is -0.509. The van der Waals surface area contributed by atoms with E-state index in [1.807, 2.05) is 0 Å². The van der Waals surface area contributed by atoms with Crippen LogP contribution in [-0.4, -0.2) is 37.6 Å². The van der Waals surface area contributed by atoms with E-state index in [4.69, 9.17) is 9.47 Å². The molecule has 0 unspecified atom stereocenters. The Morgan fingerprint density at radius 1 is 0.405 bits per heavy atom. The van der Waals surface area contributed by atoms with Gasteiger partial charge in [0.05, 0.1) is 13.2 Å². The molecule has 0 aliphatic rings. The lowest BCUT2D eigenvalue weighted by atomic mass is 10.1. The molecule has 0 aromatic heterocycles. The predicted molar refractivity (Wildman–Crippen MR) is 186 cm³/mol. The van der Waals surface area contributed by atoms with Gasteiger partial charge in [-0.1, -0.05) is 164 Å². The Labute approximate surface area is 261 Å². The molecular weight excluding hydrogens is 516 g/mol. The number of aliphatic hydroxyl groups is 1. The van der Waals surface area contributed by atoms with Crippen LogP contribution < -0.4 is 0 Å². The van der Waals surface area contributed by atoms with Crippen molar-refractivity contribution in [3.63, 3.8) is 0 Å². The molecule has 0 radical (unpaired) electrons. The lowest BCUT2D eigenvalue weighted by Gasteiger charge is -2.12. The van der Waals surface area contributed by atoms with Gasteiger partial charge in [0.1, 0.15) is 6.10 Å². The molecule has 3 nitrogen and oxygen atoms in total. The molecule has 0 atom stereocenters. The van der Waals surface area contributed by atoms with E-state index in [-0.39, 0.29) is 0 Å². The lowest BCUT2D eigenvalue weighted by molar-refractivity contribution is -0.0201. The van der Waals surface area contributed by atoms with Crippen molar-refractivity contribution in [3.05, 3.63) is 72.9 Å². The maximum Gasteiger partial charge on any atom is 0.101 e. The molecular formula is C39H68O3. The van der Waals surface area contributed by atoms with E-state index in [0.29, 0.717) is 13.2 Å². The monoisotopic (exact) mass is 585 g/mol. The smallest absolute Gasteiger partial charge is 0.101 e. The minimum Gasteiger partial charge on any atom is -0.388 e. The molecule has 0 aliphatic heterocycles. The normalized spacial score (nSPS) is 12.9. The number of allylic oxidation sites excluding steroid dienone is 12. The molecule has 0 bridgehead atoms. The van der Waals surface area contributed by atoms with Gasteiger partial charge in [-0.3, -0.25) is 0 Å². The molecule has 0 spiro atoms. The second-order valence-electron chi connectivity index (χ2n) is 11.4. The van der Waals surface area contributed by atoms with Gasteiger partial charge in [-0.25, -0.2) is 0 Å². The molecule has 0 saturated carbocycles. The first kappa shape index (κ1) is 40.3. The average Bonchev–Trinajstić information content (AvgIpc) is 3.00. The molecule has 0 fully saturated rings. The molecule has 0 aromatic carbocycles. The van der Waals surface area contributed by atoms with Crippen LogP contribution in [-0.2, 0) is 9.47 Å². The molecule has 3 heteroatoms.